The predicted molar refractivity (Wildman–Crippen MR) is 57.0 cm³/mol. The van der Waals surface area contributed by atoms with E-state index in [1.165, 1.54) is 5.56 Å². The van der Waals surface area contributed by atoms with Crippen LogP contribution in [0.25, 0.3) is 5.52 Å². The van der Waals surface area contributed by atoms with Gasteiger partial charge in [-0.1, -0.05) is 5.16 Å². The fraction of sp³-hybridized carbons (Fsp3) is 0.200. The minimum atomic E-state index is 0.162. The van der Waals surface area contributed by atoms with Gasteiger partial charge in [0, 0.05) is 6.20 Å². The van der Waals surface area contributed by atoms with Gasteiger partial charge in [-0.05, 0) is 30.7 Å². The van der Waals surface area contributed by atoms with Gasteiger partial charge in [-0.15, -0.1) is 0 Å². The first-order valence-electron chi connectivity index (χ1n) is 4.60. The Labute approximate surface area is 86.8 Å². The smallest absolute Gasteiger partial charge is 0.145 e. The summed E-state index contributed by atoms with van der Waals surface area (Å²) in [7, 11) is 0. The van der Waals surface area contributed by atoms with E-state index in [0.717, 1.165) is 11.2 Å². The molecule has 0 aliphatic rings. The number of pyridine rings is 1. The fourth-order valence-corrected chi connectivity index (χ4v) is 1.47. The molecule has 5 nitrogen and oxygen atoms in total. The Morgan fingerprint density at radius 3 is 3.13 bits per heavy atom. The number of nitrogens with zero attached hydrogens (tertiary/aromatic N) is 3. The molecule has 5 heteroatoms. The van der Waals surface area contributed by atoms with Crippen LogP contribution in [-0.4, -0.2) is 20.7 Å². The summed E-state index contributed by atoms with van der Waals surface area (Å²) in [4.78, 5) is 0. The molecule has 0 aliphatic heterocycles. The van der Waals surface area contributed by atoms with Crippen molar-refractivity contribution in [2.24, 2.45) is 10.9 Å². The fourth-order valence-electron chi connectivity index (χ4n) is 1.47. The maximum absolute atomic E-state index is 8.44. The Morgan fingerprint density at radius 1 is 1.60 bits per heavy atom. The molecular weight excluding hydrogens is 192 g/mol. The number of nitrogens with two attached hydrogens (primary N) is 1. The third-order valence-corrected chi connectivity index (χ3v) is 2.16. The van der Waals surface area contributed by atoms with E-state index < -0.39 is 0 Å². The van der Waals surface area contributed by atoms with Crippen molar-refractivity contribution < 1.29 is 5.21 Å². The summed E-state index contributed by atoms with van der Waals surface area (Å²) in [6.45, 7) is 2.02. The molecule has 0 unspecified atom stereocenters. The van der Waals surface area contributed by atoms with Crippen LogP contribution in [-0.2, 0) is 6.42 Å². The summed E-state index contributed by atoms with van der Waals surface area (Å²) in [6, 6.07) is 5.93. The summed E-state index contributed by atoms with van der Waals surface area (Å²) in [5.74, 6) is 0.162. The molecule has 78 valence electrons. The molecule has 2 rings (SSSR count). The molecule has 0 saturated carbocycles. The van der Waals surface area contributed by atoms with Crippen molar-refractivity contribution in [1.29, 1.82) is 0 Å². The van der Waals surface area contributed by atoms with Crippen molar-refractivity contribution in [3.05, 3.63) is 35.7 Å². The van der Waals surface area contributed by atoms with E-state index in [1.807, 2.05) is 31.3 Å². The summed E-state index contributed by atoms with van der Waals surface area (Å²) in [5, 5.41) is 15.6. The molecule has 0 aliphatic carbocycles. The lowest BCUT2D eigenvalue weighted by Gasteiger charge is -1.93. The molecule has 15 heavy (non-hydrogen) atoms. The van der Waals surface area contributed by atoms with Crippen LogP contribution in [0.3, 0.4) is 0 Å². The van der Waals surface area contributed by atoms with Crippen molar-refractivity contribution in [3.8, 4) is 0 Å². The Bertz CT molecular complexity index is 515. The number of amidine groups is 1. The molecule has 0 spiro atoms. The Kier molecular flexibility index (Phi) is 2.29. The SMILES string of the molecule is Cc1ccn2nc(C/C(N)=N/O)cc2c1. The van der Waals surface area contributed by atoms with Crippen LogP contribution in [0.5, 0.6) is 0 Å². The first-order valence-corrected chi connectivity index (χ1v) is 4.60. The third kappa shape index (κ3) is 1.90. The zero-order valence-electron chi connectivity index (χ0n) is 8.38. The van der Waals surface area contributed by atoms with Crippen LogP contribution >= 0.6 is 0 Å². The van der Waals surface area contributed by atoms with Gasteiger partial charge in [-0.2, -0.15) is 5.10 Å². The lowest BCUT2D eigenvalue weighted by atomic mass is 10.2. The molecule has 0 amide bonds. The second-order valence-corrected chi connectivity index (χ2v) is 3.48. The van der Waals surface area contributed by atoms with Gasteiger partial charge < -0.3 is 10.9 Å². The number of hydrogen-bond acceptors (Lipinski definition) is 3. The molecule has 0 radical (unpaired) electrons. The van der Waals surface area contributed by atoms with Crippen LogP contribution in [0, 0.1) is 6.92 Å². The van der Waals surface area contributed by atoms with Gasteiger partial charge in [0.25, 0.3) is 0 Å². The molecule has 0 fully saturated rings. The minimum Gasteiger partial charge on any atom is -0.409 e. The van der Waals surface area contributed by atoms with Crippen LogP contribution in [0.4, 0.5) is 0 Å². The molecule has 3 N–H and O–H groups in total. The van der Waals surface area contributed by atoms with Gasteiger partial charge in [-0.3, -0.25) is 0 Å². The standard InChI is InChI=1S/C10H12N4O/c1-7-2-3-14-9(4-7)5-8(12-14)6-10(11)13-15/h2-5,15H,6H2,1H3,(H2,11,13). The second-order valence-electron chi connectivity index (χ2n) is 3.48. The average Bonchev–Trinajstić information content (AvgIpc) is 2.59. The van der Waals surface area contributed by atoms with E-state index in [1.54, 1.807) is 4.52 Å². The normalized spacial score (nSPS) is 12.2. The highest BCUT2D eigenvalue weighted by molar-refractivity contribution is 5.81. The van der Waals surface area contributed by atoms with Crippen molar-refractivity contribution >= 4 is 11.4 Å². The van der Waals surface area contributed by atoms with Crippen LogP contribution in [0.2, 0.25) is 0 Å². The van der Waals surface area contributed by atoms with E-state index in [2.05, 4.69) is 10.3 Å². The summed E-state index contributed by atoms with van der Waals surface area (Å²) in [5.41, 5.74) is 8.38. The van der Waals surface area contributed by atoms with E-state index in [9.17, 15) is 0 Å². The van der Waals surface area contributed by atoms with E-state index in [0.29, 0.717) is 6.42 Å². The first kappa shape index (κ1) is 9.51. The van der Waals surface area contributed by atoms with Crippen LogP contribution in [0.15, 0.2) is 29.6 Å². The number of aryl methyl sites for hydroxylation is 1. The van der Waals surface area contributed by atoms with Crippen LogP contribution < -0.4 is 5.73 Å². The lowest BCUT2D eigenvalue weighted by molar-refractivity contribution is 0.317. The molecule has 2 heterocycles. The Hall–Kier alpha value is -2.04. The topological polar surface area (TPSA) is 75.9 Å². The van der Waals surface area contributed by atoms with Gasteiger partial charge in [0.05, 0.1) is 17.6 Å². The summed E-state index contributed by atoms with van der Waals surface area (Å²) < 4.78 is 1.77. The average molecular weight is 204 g/mol. The highest BCUT2D eigenvalue weighted by atomic mass is 16.4. The van der Waals surface area contributed by atoms with Crippen molar-refractivity contribution in [1.82, 2.24) is 9.61 Å². The molecule has 0 aromatic carbocycles. The maximum atomic E-state index is 8.44. The largest absolute Gasteiger partial charge is 0.409 e. The number of oxime groups is 1. The zero-order chi connectivity index (χ0) is 10.8. The number of hydrogen-bond donors (Lipinski definition) is 2. The molecule has 0 saturated heterocycles. The monoisotopic (exact) mass is 204 g/mol. The maximum Gasteiger partial charge on any atom is 0.145 e. The molecule has 0 bridgehead atoms. The second kappa shape index (κ2) is 3.61. The highest BCUT2D eigenvalue weighted by Crippen LogP contribution is 2.09. The Balaban J connectivity index is 2.39. The molecule has 2 aromatic heterocycles. The number of aromatic nitrogens is 2. The van der Waals surface area contributed by atoms with Crippen molar-refractivity contribution in [3.63, 3.8) is 0 Å². The minimum absolute atomic E-state index is 0.162. The van der Waals surface area contributed by atoms with Crippen molar-refractivity contribution in [2.45, 2.75) is 13.3 Å². The van der Waals surface area contributed by atoms with Gasteiger partial charge in [-0.25, -0.2) is 4.52 Å². The van der Waals surface area contributed by atoms with Crippen molar-refractivity contribution in [2.75, 3.05) is 0 Å². The Morgan fingerprint density at radius 2 is 2.40 bits per heavy atom. The van der Waals surface area contributed by atoms with E-state index >= 15 is 0 Å². The first-order chi connectivity index (χ1) is 7.19. The lowest BCUT2D eigenvalue weighted by Crippen LogP contribution is -2.14. The van der Waals surface area contributed by atoms with Gasteiger partial charge >= 0.3 is 0 Å². The van der Waals surface area contributed by atoms with Gasteiger partial charge in [0.2, 0.25) is 0 Å². The van der Waals surface area contributed by atoms with Gasteiger partial charge in [0.15, 0.2) is 0 Å². The molecule has 2 aromatic rings. The zero-order valence-corrected chi connectivity index (χ0v) is 8.38. The predicted octanol–water partition coefficient (Wildman–Crippen LogP) is 0.932. The number of rotatable bonds is 2. The van der Waals surface area contributed by atoms with E-state index in [4.69, 9.17) is 10.9 Å². The third-order valence-electron chi connectivity index (χ3n) is 2.16. The van der Waals surface area contributed by atoms with Crippen LogP contribution in [0.1, 0.15) is 11.3 Å². The highest BCUT2D eigenvalue weighted by Gasteiger charge is 2.03. The molecule has 0 atom stereocenters. The van der Waals surface area contributed by atoms with Gasteiger partial charge in [0.1, 0.15) is 5.84 Å². The van der Waals surface area contributed by atoms with E-state index in [-0.39, 0.29) is 5.84 Å². The summed E-state index contributed by atoms with van der Waals surface area (Å²) >= 11 is 0. The molecular formula is C10H12N4O. The quantitative estimate of drug-likeness (QED) is 0.331. The summed E-state index contributed by atoms with van der Waals surface area (Å²) in [6.07, 6.45) is 2.25. The number of fused-ring (bicyclic) bond motifs is 1.